The van der Waals surface area contributed by atoms with Crippen molar-refractivity contribution in [3.8, 4) is 11.4 Å². The summed E-state index contributed by atoms with van der Waals surface area (Å²) in [4.78, 5) is 8.67. The van der Waals surface area contributed by atoms with Crippen molar-refractivity contribution in [2.45, 2.75) is 6.61 Å². The largest absolute Gasteiger partial charge is 0.489 e. The summed E-state index contributed by atoms with van der Waals surface area (Å²) in [6.07, 6.45) is 3.12. The second-order valence-corrected chi connectivity index (χ2v) is 6.92. The average molecular weight is 411 g/mol. The minimum Gasteiger partial charge on any atom is -0.489 e. The van der Waals surface area contributed by atoms with Crippen LogP contribution in [0, 0.1) is 5.82 Å². The lowest BCUT2D eigenvalue weighted by molar-refractivity contribution is 0.306. The number of halogens is 1. The van der Waals surface area contributed by atoms with Gasteiger partial charge in [-0.3, -0.25) is 0 Å². The highest BCUT2D eigenvalue weighted by Gasteiger charge is 2.12. The van der Waals surface area contributed by atoms with Gasteiger partial charge >= 0.3 is 0 Å². The number of benzene rings is 3. The fourth-order valence-electron chi connectivity index (χ4n) is 3.25. The van der Waals surface area contributed by atoms with Gasteiger partial charge in [-0.25, -0.2) is 19.0 Å². The minimum absolute atomic E-state index is 0.330. The molecule has 31 heavy (non-hydrogen) atoms. The molecule has 0 bridgehead atoms. The van der Waals surface area contributed by atoms with Gasteiger partial charge in [-0.15, -0.1) is 0 Å². The Bertz CT molecular complexity index is 1320. The Morgan fingerprint density at radius 3 is 2.55 bits per heavy atom. The van der Waals surface area contributed by atoms with Crippen molar-refractivity contribution in [2.75, 3.05) is 5.32 Å². The molecule has 5 aromatic rings. The molecule has 152 valence electrons. The molecule has 0 atom stereocenters. The van der Waals surface area contributed by atoms with E-state index >= 15 is 0 Å². The molecule has 0 saturated carbocycles. The Balaban J connectivity index is 1.35. The van der Waals surface area contributed by atoms with Crippen LogP contribution in [0.15, 0.2) is 91.4 Å². The van der Waals surface area contributed by atoms with Gasteiger partial charge in [0.25, 0.3) is 0 Å². The van der Waals surface area contributed by atoms with Gasteiger partial charge in [0.2, 0.25) is 0 Å². The van der Waals surface area contributed by atoms with Crippen molar-refractivity contribution in [2.24, 2.45) is 0 Å². The second kappa shape index (κ2) is 8.23. The highest BCUT2D eigenvalue weighted by Crippen LogP contribution is 2.26. The zero-order chi connectivity index (χ0) is 21.0. The van der Waals surface area contributed by atoms with Crippen molar-refractivity contribution < 1.29 is 9.13 Å². The third-order valence-electron chi connectivity index (χ3n) is 4.78. The van der Waals surface area contributed by atoms with E-state index in [2.05, 4.69) is 20.4 Å². The van der Waals surface area contributed by atoms with E-state index in [4.69, 9.17) is 4.74 Å². The molecule has 0 fully saturated rings. The van der Waals surface area contributed by atoms with E-state index in [-0.39, 0.29) is 5.82 Å². The number of nitrogens with one attached hydrogen (secondary N) is 1. The number of aromatic nitrogens is 4. The first-order valence-corrected chi connectivity index (χ1v) is 9.75. The van der Waals surface area contributed by atoms with Gasteiger partial charge in [-0.05, 0) is 48.0 Å². The van der Waals surface area contributed by atoms with Crippen LogP contribution in [0.25, 0.3) is 16.7 Å². The van der Waals surface area contributed by atoms with E-state index in [1.54, 1.807) is 23.0 Å². The number of ether oxygens (including phenoxy) is 1. The molecule has 0 aliphatic carbocycles. The summed E-state index contributed by atoms with van der Waals surface area (Å²) < 4.78 is 21.0. The maximum Gasteiger partial charge on any atom is 0.168 e. The van der Waals surface area contributed by atoms with Gasteiger partial charge in [0.15, 0.2) is 5.65 Å². The normalized spacial score (nSPS) is 10.9. The predicted molar refractivity (Wildman–Crippen MR) is 117 cm³/mol. The van der Waals surface area contributed by atoms with E-state index in [0.717, 1.165) is 22.4 Å². The predicted octanol–water partition coefficient (Wildman–Crippen LogP) is 5.28. The Morgan fingerprint density at radius 1 is 0.903 bits per heavy atom. The minimum atomic E-state index is -0.330. The fraction of sp³-hybridized carbons (Fsp3) is 0.0417. The van der Waals surface area contributed by atoms with Gasteiger partial charge in [-0.2, -0.15) is 5.10 Å². The lowest BCUT2D eigenvalue weighted by atomic mass is 10.2. The molecular formula is C24H18FN5O. The number of anilines is 2. The lowest BCUT2D eigenvalue weighted by Crippen LogP contribution is -2.00. The maximum atomic E-state index is 13.6. The fourth-order valence-corrected chi connectivity index (χ4v) is 3.25. The first kappa shape index (κ1) is 18.7. The summed E-state index contributed by atoms with van der Waals surface area (Å²) in [6, 6.07) is 23.9. The zero-order valence-corrected chi connectivity index (χ0v) is 16.4. The smallest absolute Gasteiger partial charge is 0.168 e. The summed E-state index contributed by atoms with van der Waals surface area (Å²) >= 11 is 0. The lowest BCUT2D eigenvalue weighted by Gasteiger charge is -2.09. The Labute approximate surface area is 178 Å². The van der Waals surface area contributed by atoms with E-state index in [1.165, 1.54) is 18.5 Å². The first-order chi connectivity index (χ1) is 15.3. The number of hydrogen-bond acceptors (Lipinski definition) is 5. The van der Waals surface area contributed by atoms with Gasteiger partial charge in [0.05, 0.1) is 17.3 Å². The van der Waals surface area contributed by atoms with E-state index in [0.29, 0.717) is 23.8 Å². The monoisotopic (exact) mass is 411 g/mol. The standard InChI is InChI=1S/C24H18FN5O/c25-18-7-4-8-20(13-18)30-24-22(14-28-30)23(26-16-27-24)29-19-9-11-21(12-10-19)31-15-17-5-2-1-3-6-17/h1-14,16H,15H2,(H,26,27,29). The summed E-state index contributed by atoms with van der Waals surface area (Å²) in [5.74, 6) is 1.06. The van der Waals surface area contributed by atoms with Gasteiger partial charge in [0, 0.05) is 5.69 Å². The van der Waals surface area contributed by atoms with E-state index in [1.807, 2.05) is 54.6 Å². The summed E-state index contributed by atoms with van der Waals surface area (Å²) in [6.45, 7) is 0.513. The van der Waals surface area contributed by atoms with Gasteiger partial charge < -0.3 is 10.1 Å². The van der Waals surface area contributed by atoms with Crippen molar-refractivity contribution in [1.82, 2.24) is 19.7 Å². The molecule has 6 nitrogen and oxygen atoms in total. The van der Waals surface area contributed by atoms with Crippen molar-refractivity contribution in [3.63, 3.8) is 0 Å². The molecule has 5 rings (SSSR count). The summed E-state index contributed by atoms with van der Waals surface area (Å²) in [5, 5.41) is 8.39. The average Bonchev–Trinajstić information content (AvgIpc) is 3.25. The molecule has 7 heteroatoms. The molecule has 0 aliphatic rings. The van der Waals surface area contributed by atoms with Crippen LogP contribution in [0.4, 0.5) is 15.9 Å². The third kappa shape index (κ3) is 4.06. The summed E-state index contributed by atoms with van der Waals surface area (Å²) in [7, 11) is 0. The maximum absolute atomic E-state index is 13.6. The third-order valence-corrected chi connectivity index (χ3v) is 4.78. The van der Waals surface area contributed by atoms with Crippen LogP contribution in [0.3, 0.4) is 0 Å². The Hall–Kier alpha value is -4.26. The molecule has 2 heterocycles. The number of nitrogens with zero attached hydrogens (tertiary/aromatic N) is 4. The number of rotatable bonds is 6. The van der Waals surface area contributed by atoms with Crippen molar-refractivity contribution in [1.29, 1.82) is 0 Å². The van der Waals surface area contributed by atoms with Crippen LogP contribution in [0.2, 0.25) is 0 Å². The number of fused-ring (bicyclic) bond motifs is 1. The molecule has 0 unspecified atom stereocenters. The molecule has 0 radical (unpaired) electrons. The SMILES string of the molecule is Fc1cccc(-n2ncc3c(Nc4ccc(OCc5ccccc5)cc4)ncnc32)c1. The van der Waals surface area contributed by atoms with Crippen LogP contribution in [-0.2, 0) is 6.61 Å². The van der Waals surface area contributed by atoms with E-state index in [9.17, 15) is 4.39 Å². The topological polar surface area (TPSA) is 64.9 Å². The van der Waals surface area contributed by atoms with Gasteiger partial charge in [-0.1, -0.05) is 36.4 Å². The van der Waals surface area contributed by atoms with Crippen LogP contribution >= 0.6 is 0 Å². The Morgan fingerprint density at radius 2 is 1.74 bits per heavy atom. The molecule has 3 aromatic carbocycles. The quantitative estimate of drug-likeness (QED) is 0.412. The van der Waals surface area contributed by atoms with E-state index < -0.39 is 0 Å². The van der Waals surface area contributed by atoms with Crippen LogP contribution in [0.5, 0.6) is 5.75 Å². The van der Waals surface area contributed by atoms with Gasteiger partial charge in [0.1, 0.15) is 30.3 Å². The Kier molecular flexibility index (Phi) is 4.98. The summed E-state index contributed by atoms with van der Waals surface area (Å²) in [5.41, 5.74) is 3.15. The van der Waals surface area contributed by atoms with Crippen LogP contribution in [-0.4, -0.2) is 19.7 Å². The highest BCUT2D eigenvalue weighted by molar-refractivity contribution is 5.89. The molecule has 0 spiro atoms. The number of hydrogen-bond donors (Lipinski definition) is 1. The van der Waals surface area contributed by atoms with Crippen molar-refractivity contribution >= 4 is 22.5 Å². The second-order valence-electron chi connectivity index (χ2n) is 6.92. The molecule has 0 aliphatic heterocycles. The zero-order valence-electron chi connectivity index (χ0n) is 16.4. The molecule has 0 amide bonds. The first-order valence-electron chi connectivity index (χ1n) is 9.75. The molecule has 2 aromatic heterocycles. The van der Waals surface area contributed by atoms with Crippen LogP contribution < -0.4 is 10.1 Å². The highest BCUT2D eigenvalue weighted by atomic mass is 19.1. The van der Waals surface area contributed by atoms with Crippen molar-refractivity contribution in [3.05, 3.63) is 103 Å². The molecule has 0 saturated heterocycles. The molecule has 1 N–H and O–H groups in total. The van der Waals surface area contributed by atoms with Crippen LogP contribution in [0.1, 0.15) is 5.56 Å². The molecular weight excluding hydrogens is 393 g/mol.